The minimum atomic E-state index is 0.447. The third-order valence-corrected chi connectivity index (χ3v) is 6.66. The maximum atomic E-state index is 5.94. The smallest absolute Gasteiger partial charge is 0.123 e. The van der Waals surface area contributed by atoms with Crippen molar-refractivity contribution < 1.29 is 9.47 Å². The molecule has 0 radical (unpaired) electrons. The summed E-state index contributed by atoms with van der Waals surface area (Å²) in [6, 6.07) is 6.89. The molecule has 4 rings (SSSR count). The second-order valence-electron chi connectivity index (χ2n) is 6.40. The van der Waals surface area contributed by atoms with Crippen molar-refractivity contribution in [3.63, 3.8) is 0 Å². The van der Waals surface area contributed by atoms with Crippen LogP contribution in [0.1, 0.15) is 32.5 Å². The Kier molecular flexibility index (Phi) is 4.46. The number of rotatable bonds is 4. The quantitative estimate of drug-likeness (QED) is 0.760. The molecule has 24 heavy (non-hydrogen) atoms. The molecule has 0 saturated heterocycles. The monoisotopic (exact) mass is 363 g/mol. The molecule has 5 heteroatoms. The molecule has 3 nitrogen and oxygen atoms in total. The SMILES string of the molecule is COc1ccc(OC)c2c1C[C@H]1c3cc(CCCl)sc3CCN1C2. The third-order valence-electron chi connectivity index (χ3n) is 5.20. The highest BCUT2D eigenvalue weighted by atomic mass is 35.5. The molecule has 2 aliphatic rings. The summed E-state index contributed by atoms with van der Waals surface area (Å²) in [4.78, 5) is 5.55. The topological polar surface area (TPSA) is 21.7 Å². The number of hydrogen-bond donors (Lipinski definition) is 0. The first-order valence-electron chi connectivity index (χ1n) is 8.39. The fraction of sp³-hybridized carbons (Fsp3) is 0.474. The lowest BCUT2D eigenvalue weighted by molar-refractivity contribution is 0.158. The molecule has 3 heterocycles. The Morgan fingerprint density at radius 1 is 1.21 bits per heavy atom. The van der Waals surface area contributed by atoms with Crippen LogP contribution in [-0.2, 0) is 25.8 Å². The van der Waals surface area contributed by atoms with Crippen LogP contribution in [0.15, 0.2) is 18.2 Å². The van der Waals surface area contributed by atoms with Gasteiger partial charge in [0, 0.05) is 45.9 Å². The Morgan fingerprint density at radius 2 is 1.96 bits per heavy atom. The van der Waals surface area contributed by atoms with Gasteiger partial charge >= 0.3 is 0 Å². The van der Waals surface area contributed by atoms with Gasteiger partial charge in [-0.05, 0) is 43.0 Å². The summed E-state index contributed by atoms with van der Waals surface area (Å²) in [6.45, 7) is 2.04. The van der Waals surface area contributed by atoms with Crippen molar-refractivity contribution in [3.8, 4) is 11.5 Å². The number of fused-ring (bicyclic) bond motifs is 4. The lowest BCUT2D eigenvalue weighted by Gasteiger charge is -2.41. The van der Waals surface area contributed by atoms with Crippen molar-refractivity contribution in [1.29, 1.82) is 0 Å². The van der Waals surface area contributed by atoms with Crippen LogP contribution < -0.4 is 9.47 Å². The van der Waals surface area contributed by atoms with E-state index in [1.807, 2.05) is 23.5 Å². The molecule has 2 aliphatic heterocycles. The zero-order valence-electron chi connectivity index (χ0n) is 14.1. The van der Waals surface area contributed by atoms with Gasteiger partial charge in [-0.25, -0.2) is 0 Å². The van der Waals surface area contributed by atoms with E-state index in [0.29, 0.717) is 11.9 Å². The van der Waals surface area contributed by atoms with E-state index in [4.69, 9.17) is 21.1 Å². The normalized spacial score (nSPS) is 19.4. The van der Waals surface area contributed by atoms with E-state index in [1.54, 1.807) is 19.1 Å². The Morgan fingerprint density at radius 3 is 2.67 bits per heavy atom. The van der Waals surface area contributed by atoms with Gasteiger partial charge < -0.3 is 9.47 Å². The number of hydrogen-bond acceptors (Lipinski definition) is 4. The van der Waals surface area contributed by atoms with Crippen LogP contribution >= 0.6 is 22.9 Å². The van der Waals surface area contributed by atoms with E-state index in [-0.39, 0.29) is 0 Å². The molecule has 0 bridgehead atoms. The van der Waals surface area contributed by atoms with Gasteiger partial charge in [-0.15, -0.1) is 22.9 Å². The largest absolute Gasteiger partial charge is 0.496 e. The standard InChI is InChI=1S/C19H22ClNO2S/c1-22-17-3-4-18(23-2)15-11-21-8-6-19-14(16(21)10-13(15)17)9-12(24-19)5-7-20/h3-4,9,16H,5-8,10-11H2,1-2H3/t16-/m0/s1. The molecular weight excluding hydrogens is 342 g/mol. The molecule has 0 saturated carbocycles. The van der Waals surface area contributed by atoms with Gasteiger partial charge in [0.05, 0.1) is 14.2 Å². The van der Waals surface area contributed by atoms with Gasteiger partial charge in [0.25, 0.3) is 0 Å². The van der Waals surface area contributed by atoms with E-state index in [9.17, 15) is 0 Å². The van der Waals surface area contributed by atoms with Crippen LogP contribution in [0, 0.1) is 0 Å². The molecular formula is C19H22ClNO2S. The molecule has 0 fully saturated rings. The number of benzene rings is 1. The van der Waals surface area contributed by atoms with E-state index in [2.05, 4.69) is 11.0 Å². The van der Waals surface area contributed by atoms with Crippen molar-refractivity contribution in [1.82, 2.24) is 4.90 Å². The molecule has 0 amide bonds. The van der Waals surface area contributed by atoms with Gasteiger partial charge in [-0.1, -0.05) is 0 Å². The summed E-state index contributed by atoms with van der Waals surface area (Å²) in [5, 5.41) is 0. The minimum Gasteiger partial charge on any atom is -0.496 e. The predicted octanol–water partition coefficient (Wildman–Crippen LogP) is 4.20. The van der Waals surface area contributed by atoms with Gasteiger partial charge in [-0.2, -0.15) is 0 Å². The van der Waals surface area contributed by atoms with Gasteiger partial charge in [0.1, 0.15) is 11.5 Å². The van der Waals surface area contributed by atoms with E-state index in [1.165, 1.54) is 21.6 Å². The summed E-state index contributed by atoms with van der Waals surface area (Å²) < 4.78 is 11.2. The molecule has 1 aromatic carbocycles. The average Bonchev–Trinajstić information content (AvgIpc) is 3.02. The molecule has 0 N–H and O–H groups in total. The van der Waals surface area contributed by atoms with Gasteiger partial charge in [-0.3, -0.25) is 4.90 Å². The summed E-state index contributed by atoms with van der Waals surface area (Å²) in [7, 11) is 3.50. The fourth-order valence-corrected chi connectivity index (χ4v) is 5.57. The molecule has 2 aromatic rings. The summed E-state index contributed by atoms with van der Waals surface area (Å²) >= 11 is 7.89. The Bertz CT molecular complexity index is 758. The molecule has 0 unspecified atom stereocenters. The second kappa shape index (κ2) is 6.58. The maximum Gasteiger partial charge on any atom is 0.123 e. The summed E-state index contributed by atoms with van der Waals surface area (Å²) in [6.07, 6.45) is 3.10. The average molecular weight is 364 g/mol. The number of aryl methyl sites for hydroxylation is 1. The van der Waals surface area contributed by atoms with Crippen molar-refractivity contribution >= 4 is 22.9 Å². The Labute approximate surface area is 152 Å². The molecule has 0 spiro atoms. The predicted molar refractivity (Wildman–Crippen MR) is 98.8 cm³/mol. The maximum absolute atomic E-state index is 5.94. The lowest BCUT2D eigenvalue weighted by atomic mass is 9.86. The second-order valence-corrected chi connectivity index (χ2v) is 8.00. The van der Waals surface area contributed by atoms with E-state index < -0.39 is 0 Å². The van der Waals surface area contributed by atoms with Crippen LogP contribution in [-0.4, -0.2) is 31.5 Å². The molecule has 1 aromatic heterocycles. The molecule has 128 valence electrons. The van der Waals surface area contributed by atoms with E-state index >= 15 is 0 Å². The Balaban J connectivity index is 1.74. The van der Waals surface area contributed by atoms with Gasteiger partial charge in [0.15, 0.2) is 0 Å². The highest BCUT2D eigenvalue weighted by Gasteiger charge is 2.35. The van der Waals surface area contributed by atoms with Crippen LogP contribution in [0.4, 0.5) is 0 Å². The molecule has 1 atom stereocenters. The van der Waals surface area contributed by atoms with Crippen molar-refractivity contribution in [2.24, 2.45) is 0 Å². The summed E-state index contributed by atoms with van der Waals surface area (Å²) in [5.41, 5.74) is 4.09. The van der Waals surface area contributed by atoms with Crippen molar-refractivity contribution in [3.05, 3.63) is 44.6 Å². The zero-order valence-corrected chi connectivity index (χ0v) is 15.7. The summed E-state index contributed by atoms with van der Waals surface area (Å²) in [5.74, 6) is 2.65. The van der Waals surface area contributed by atoms with Crippen LogP contribution in [0.2, 0.25) is 0 Å². The number of alkyl halides is 1. The fourth-order valence-electron chi connectivity index (χ4n) is 4.05. The van der Waals surface area contributed by atoms with Crippen LogP contribution in [0.3, 0.4) is 0 Å². The van der Waals surface area contributed by atoms with Crippen molar-refractivity contribution in [2.75, 3.05) is 26.6 Å². The number of thiophene rings is 1. The first kappa shape index (κ1) is 16.2. The lowest BCUT2D eigenvalue weighted by Crippen LogP contribution is -2.39. The zero-order chi connectivity index (χ0) is 16.7. The highest BCUT2D eigenvalue weighted by molar-refractivity contribution is 7.12. The van der Waals surface area contributed by atoms with Crippen molar-refractivity contribution in [2.45, 2.75) is 31.8 Å². The number of nitrogens with zero attached hydrogens (tertiary/aromatic N) is 1. The molecule has 0 aliphatic carbocycles. The first-order valence-corrected chi connectivity index (χ1v) is 9.74. The van der Waals surface area contributed by atoms with Crippen LogP contribution in [0.5, 0.6) is 11.5 Å². The third kappa shape index (κ3) is 2.61. The number of methoxy groups -OCH3 is 2. The van der Waals surface area contributed by atoms with Gasteiger partial charge in [0.2, 0.25) is 0 Å². The van der Waals surface area contributed by atoms with Crippen LogP contribution in [0.25, 0.3) is 0 Å². The minimum absolute atomic E-state index is 0.447. The number of halogens is 1. The Hall–Kier alpha value is -1.23. The number of ether oxygens (including phenoxy) is 2. The van der Waals surface area contributed by atoms with E-state index in [0.717, 1.165) is 43.9 Å². The first-order chi connectivity index (χ1) is 11.7. The highest BCUT2D eigenvalue weighted by Crippen LogP contribution is 2.45.